The predicted octanol–water partition coefficient (Wildman–Crippen LogP) is 4.73. The number of ether oxygens (including phenoxy) is 2. The number of hydrogen-bond acceptors (Lipinski definition) is 5. The Morgan fingerprint density at radius 2 is 1.78 bits per heavy atom. The molecule has 0 bridgehead atoms. The molecule has 3 rings (SSSR count). The maximum Gasteiger partial charge on any atom is 0.573 e. The highest BCUT2D eigenvalue weighted by Gasteiger charge is 2.31. The minimum absolute atomic E-state index is 0.00552. The van der Waals surface area contributed by atoms with Gasteiger partial charge in [-0.15, -0.1) is 13.2 Å². The first-order valence-corrected chi connectivity index (χ1v) is 12.9. The number of carbonyl (C=O) groups excluding carboxylic acids is 2. The molecule has 2 atom stereocenters. The van der Waals surface area contributed by atoms with Gasteiger partial charge in [0.15, 0.2) is 0 Å². The monoisotopic (exact) mass is 513 g/mol. The molecule has 36 heavy (non-hydrogen) atoms. The second-order valence-corrected chi connectivity index (χ2v) is 9.84. The number of anilines is 1. The second kappa shape index (κ2) is 13.7. The Hall–Kier alpha value is -2.49. The summed E-state index contributed by atoms with van der Waals surface area (Å²) >= 11 is 0. The van der Waals surface area contributed by atoms with Crippen LogP contribution in [0.3, 0.4) is 0 Å². The van der Waals surface area contributed by atoms with Crippen LogP contribution < -0.4 is 15.4 Å². The Morgan fingerprint density at radius 1 is 1.11 bits per heavy atom. The molecule has 2 N–H and O–H groups in total. The number of carbonyl (C=O) groups is 2. The first kappa shape index (κ1) is 28.1. The third kappa shape index (κ3) is 9.87. The number of alkyl halides is 3. The Bertz CT molecular complexity index is 823. The van der Waals surface area contributed by atoms with E-state index >= 15 is 0 Å². The molecule has 202 valence electrons. The van der Waals surface area contributed by atoms with E-state index in [2.05, 4.69) is 15.4 Å². The average molecular weight is 514 g/mol. The van der Waals surface area contributed by atoms with Crippen LogP contribution in [0.4, 0.5) is 18.9 Å². The normalized spacial score (nSPS) is 18.8. The SMILES string of the molecule is CC(CNc1ccc(OC(F)(F)F)cc1)NC(=O)C(CCC1CCCCC1)CC(=O)N1CCOCC1. The van der Waals surface area contributed by atoms with Crippen LogP contribution in [0.15, 0.2) is 24.3 Å². The summed E-state index contributed by atoms with van der Waals surface area (Å²) in [7, 11) is 0. The topological polar surface area (TPSA) is 79.9 Å². The zero-order valence-electron chi connectivity index (χ0n) is 20.9. The van der Waals surface area contributed by atoms with Crippen molar-refractivity contribution in [1.29, 1.82) is 0 Å². The van der Waals surface area contributed by atoms with Crippen LogP contribution in [0.5, 0.6) is 5.75 Å². The van der Waals surface area contributed by atoms with Crippen molar-refractivity contribution in [3.63, 3.8) is 0 Å². The fraction of sp³-hybridized carbons (Fsp3) is 0.692. The van der Waals surface area contributed by atoms with E-state index in [9.17, 15) is 22.8 Å². The lowest BCUT2D eigenvalue weighted by atomic mass is 9.83. The van der Waals surface area contributed by atoms with Crippen molar-refractivity contribution in [2.24, 2.45) is 11.8 Å². The number of amides is 2. The van der Waals surface area contributed by atoms with Crippen molar-refractivity contribution < 1.29 is 32.2 Å². The van der Waals surface area contributed by atoms with Gasteiger partial charge in [-0.1, -0.05) is 32.1 Å². The summed E-state index contributed by atoms with van der Waals surface area (Å²) in [5.74, 6) is -0.190. The van der Waals surface area contributed by atoms with Crippen LogP contribution in [-0.2, 0) is 14.3 Å². The molecule has 1 aromatic rings. The molecular weight excluding hydrogens is 475 g/mol. The van der Waals surface area contributed by atoms with Gasteiger partial charge in [-0.3, -0.25) is 9.59 Å². The fourth-order valence-corrected chi connectivity index (χ4v) is 4.85. The molecule has 1 heterocycles. The van der Waals surface area contributed by atoms with E-state index < -0.39 is 6.36 Å². The van der Waals surface area contributed by atoms with E-state index in [0.717, 1.165) is 6.42 Å². The number of morpholine rings is 1. The quantitative estimate of drug-likeness (QED) is 0.447. The summed E-state index contributed by atoms with van der Waals surface area (Å²) in [5.41, 5.74) is 0.613. The Balaban J connectivity index is 1.51. The maximum atomic E-state index is 13.2. The molecule has 2 aliphatic rings. The minimum Gasteiger partial charge on any atom is -0.406 e. The van der Waals surface area contributed by atoms with Crippen molar-refractivity contribution >= 4 is 17.5 Å². The van der Waals surface area contributed by atoms with Crippen LogP contribution in [0.25, 0.3) is 0 Å². The molecule has 1 saturated heterocycles. The van der Waals surface area contributed by atoms with E-state index in [1.54, 1.807) is 4.90 Å². The van der Waals surface area contributed by atoms with E-state index in [-0.39, 0.29) is 35.9 Å². The van der Waals surface area contributed by atoms with Gasteiger partial charge in [0.05, 0.1) is 13.2 Å². The van der Waals surface area contributed by atoms with Crippen LogP contribution in [0, 0.1) is 11.8 Å². The highest BCUT2D eigenvalue weighted by atomic mass is 19.4. The van der Waals surface area contributed by atoms with Gasteiger partial charge in [0, 0.05) is 43.7 Å². The standard InChI is InChI=1S/C26H38F3N3O4/c1-19(18-30-22-9-11-23(12-10-22)36-26(27,28)29)31-25(34)21(8-7-20-5-3-2-4-6-20)17-24(33)32-13-15-35-16-14-32/h9-12,19-21,30H,2-8,13-18H2,1H3,(H,31,34). The van der Waals surface area contributed by atoms with Crippen LogP contribution >= 0.6 is 0 Å². The highest BCUT2D eigenvalue weighted by Crippen LogP contribution is 2.30. The first-order chi connectivity index (χ1) is 17.2. The molecular formula is C26H38F3N3O4. The summed E-state index contributed by atoms with van der Waals surface area (Å²) in [6.07, 6.45) is 3.24. The molecule has 1 saturated carbocycles. The van der Waals surface area contributed by atoms with E-state index in [1.807, 2.05) is 6.92 Å². The molecule has 2 amide bonds. The maximum absolute atomic E-state index is 13.2. The van der Waals surface area contributed by atoms with Gasteiger partial charge in [0.25, 0.3) is 0 Å². The number of nitrogens with zero attached hydrogens (tertiary/aromatic N) is 1. The second-order valence-electron chi connectivity index (χ2n) is 9.84. The Morgan fingerprint density at radius 3 is 2.42 bits per heavy atom. The lowest BCUT2D eigenvalue weighted by Gasteiger charge is -2.29. The zero-order valence-corrected chi connectivity index (χ0v) is 20.9. The lowest BCUT2D eigenvalue weighted by molar-refractivity contribution is -0.274. The van der Waals surface area contributed by atoms with Crippen molar-refractivity contribution in [3.05, 3.63) is 24.3 Å². The van der Waals surface area contributed by atoms with Crippen LogP contribution in [0.1, 0.15) is 58.3 Å². The minimum atomic E-state index is -4.73. The number of hydrogen-bond donors (Lipinski definition) is 2. The van der Waals surface area contributed by atoms with Crippen LogP contribution in [0.2, 0.25) is 0 Å². The molecule has 1 aliphatic carbocycles. The Labute approximate surface area is 211 Å². The third-order valence-electron chi connectivity index (χ3n) is 6.89. The molecule has 1 aliphatic heterocycles. The van der Waals surface area contributed by atoms with E-state index in [1.165, 1.54) is 56.4 Å². The molecule has 7 nitrogen and oxygen atoms in total. The molecule has 1 aromatic carbocycles. The first-order valence-electron chi connectivity index (χ1n) is 12.9. The van der Waals surface area contributed by atoms with Gasteiger partial charge in [0.1, 0.15) is 5.75 Å². The summed E-state index contributed by atoms with van der Waals surface area (Å²) in [6, 6.07) is 5.21. The molecule has 2 unspecified atom stereocenters. The summed E-state index contributed by atoms with van der Waals surface area (Å²) in [6.45, 7) is 4.41. The molecule has 0 radical (unpaired) electrons. The van der Waals surface area contributed by atoms with Gasteiger partial charge in [-0.2, -0.15) is 0 Å². The summed E-state index contributed by atoms with van der Waals surface area (Å²) < 4.78 is 46.2. The average Bonchev–Trinajstić information content (AvgIpc) is 2.86. The number of rotatable bonds is 11. The number of benzene rings is 1. The highest BCUT2D eigenvalue weighted by molar-refractivity contribution is 5.86. The smallest absolute Gasteiger partial charge is 0.406 e. The number of halogens is 3. The van der Waals surface area contributed by atoms with Crippen molar-refractivity contribution in [2.75, 3.05) is 38.2 Å². The summed E-state index contributed by atoms with van der Waals surface area (Å²) in [5, 5.41) is 6.13. The van der Waals surface area contributed by atoms with Gasteiger partial charge >= 0.3 is 6.36 Å². The molecule has 0 spiro atoms. The predicted molar refractivity (Wildman–Crippen MR) is 131 cm³/mol. The van der Waals surface area contributed by atoms with Gasteiger partial charge in [-0.05, 0) is 49.9 Å². The van der Waals surface area contributed by atoms with Gasteiger partial charge < -0.3 is 25.0 Å². The zero-order chi connectivity index (χ0) is 26.0. The van der Waals surface area contributed by atoms with E-state index in [0.29, 0.717) is 50.9 Å². The molecule has 0 aromatic heterocycles. The molecule has 2 fully saturated rings. The Kier molecular flexibility index (Phi) is 10.7. The van der Waals surface area contributed by atoms with Gasteiger partial charge in [-0.25, -0.2) is 0 Å². The molecule has 10 heteroatoms. The van der Waals surface area contributed by atoms with E-state index in [4.69, 9.17) is 4.74 Å². The largest absolute Gasteiger partial charge is 0.573 e. The van der Waals surface area contributed by atoms with Crippen molar-refractivity contribution in [2.45, 2.75) is 70.7 Å². The fourth-order valence-electron chi connectivity index (χ4n) is 4.85. The van der Waals surface area contributed by atoms with Crippen molar-refractivity contribution in [3.8, 4) is 5.75 Å². The van der Waals surface area contributed by atoms with Gasteiger partial charge in [0.2, 0.25) is 11.8 Å². The van der Waals surface area contributed by atoms with Crippen molar-refractivity contribution in [1.82, 2.24) is 10.2 Å². The lowest BCUT2D eigenvalue weighted by Crippen LogP contribution is -2.45. The summed E-state index contributed by atoms with van der Waals surface area (Å²) in [4.78, 5) is 27.8. The number of nitrogens with one attached hydrogen (secondary N) is 2. The third-order valence-corrected chi connectivity index (χ3v) is 6.89. The van der Waals surface area contributed by atoms with Crippen LogP contribution in [-0.4, -0.2) is 62.0 Å².